The second-order valence-corrected chi connectivity index (χ2v) is 6.58. The number of carbonyl (C=O) groups is 2. The average Bonchev–Trinajstić information content (AvgIpc) is 3.20. The number of furan rings is 1. The normalized spacial score (nSPS) is 19.4. The standard InChI is InChI=1S/C20H19N3O3/c24-19-16-8-2-1-7-15(16)17(22-23-19)12-13-5-3-6-14(11-13)21-20(25)18-9-4-10-26-18/h3-6,9-11,17H,1-2,7-8,12H2,(H,21,25). The summed E-state index contributed by atoms with van der Waals surface area (Å²) in [6.45, 7) is 0. The molecule has 1 aromatic heterocycles. The van der Waals surface area contributed by atoms with Crippen LogP contribution in [0, 0.1) is 0 Å². The van der Waals surface area contributed by atoms with Gasteiger partial charge in [0.1, 0.15) is 0 Å². The van der Waals surface area contributed by atoms with Gasteiger partial charge in [-0.15, -0.1) is 5.11 Å². The van der Waals surface area contributed by atoms with Gasteiger partial charge < -0.3 is 9.73 Å². The Balaban J connectivity index is 1.50. The molecule has 0 fully saturated rings. The van der Waals surface area contributed by atoms with Gasteiger partial charge >= 0.3 is 0 Å². The number of hydrogen-bond acceptors (Lipinski definition) is 4. The fraction of sp³-hybridized carbons (Fsp3) is 0.300. The van der Waals surface area contributed by atoms with Crippen molar-refractivity contribution in [3.8, 4) is 0 Å². The van der Waals surface area contributed by atoms with Crippen molar-refractivity contribution in [3.05, 3.63) is 65.1 Å². The Hall–Kier alpha value is -3.02. The van der Waals surface area contributed by atoms with Gasteiger partial charge in [-0.1, -0.05) is 12.1 Å². The molecule has 4 rings (SSSR count). The first-order valence-corrected chi connectivity index (χ1v) is 8.81. The van der Waals surface area contributed by atoms with Crippen LogP contribution in [-0.4, -0.2) is 17.9 Å². The quantitative estimate of drug-likeness (QED) is 0.893. The van der Waals surface area contributed by atoms with Crippen molar-refractivity contribution < 1.29 is 14.0 Å². The minimum atomic E-state index is -0.285. The highest BCUT2D eigenvalue weighted by atomic mass is 16.3. The summed E-state index contributed by atoms with van der Waals surface area (Å²) in [6.07, 6.45) is 6.00. The van der Waals surface area contributed by atoms with Crippen molar-refractivity contribution in [1.82, 2.24) is 0 Å². The Morgan fingerprint density at radius 2 is 2.08 bits per heavy atom. The fourth-order valence-electron chi connectivity index (χ4n) is 3.56. The largest absolute Gasteiger partial charge is 0.459 e. The van der Waals surface area contributed by atoms with Gasteiger partial charge in [-0.25, -0.2) is 0 Å². The number of azo groups is 1. The number of nitrogens with zero attached hydrogens (tertiary/aromatic N) is 2. The van der Waals surface area contributed by atoms with Crippen LogP contribution in [0.2, 0.25) is 0 Å². The van der Waals surface area contributed by atoms with Crippen molar-refractivity contribution in [3.63, 3.8) is 0 Å². The Labute approximate surface area is 151 Å². The fourth-order valence-corrected chi connectivity index (χ4v) is 3.56. The van der Waals surface area contributed by atoms with Crippen LogP contribution in [0.1, 0.15) is 41.8 Å². The molecular formula is C20H19N3O3. The third kappa shape index (κ3) is 3.35. The molecule has 0 saturated carbocycles. The summed E-state index contributed by atoms with van der Waals surface area (Å²) < 4.78 is 5.11. The predicted octanol–water partition coefficient (Wildman–Crippen LogP) is 4.31. The molecule has 0 spiro atoms. The zero-order valence-corrected chi connectivity index (χ0v) is 14.3. The molecule has 1 aromatic carbocycles. The van der Waals surface area contributed by atoms with E-state index in [9.17, 15) is 9.59 Å². The van der Waals surface area contributed by atoms with Crippen molar-refractivity contribution in [2.45, 2.75) is 38.1 Å². The summed E-state index contributed by atoms with van der Waals surface area (Å²) in [5.41, 5.74) is 3.74. The van der Waals surface area contributed by atoms with E-state index in [1.54, 1.807) is 12.1 Å². The molecule has 0 bridgehead atoms. The van der Waals surface area contributed by atoms with Gasteiger partial charge in [0.2, 0.25) is 0 Å². The number of anilines is 1. The van der Waals surface area contributed by atoms with E-state index in [1.165, 1.54) is 6.26 Å². The summed E-state index contributed by atoms with van der Waals surface area (Å²) in [5, 5.41) is 10.9. The maximum absolute atomic E-state index is 12.1. The van der Waals surface area contributed by atoms with Gasteiger partial charge in [0, 0.05) is 17.7 Å². The zero-order chi connectivity index (χ0) is 17.9. The van der Waals surface area contributed by atoms with Crippen molar-refractivity contribution in [1.29, 1.82) is 0 Å². The summed E-state index contributed by atoms with van der Waals surface area (Å²) in [7, 11) is 0. The third-order valence-electron chi connectivity index (χ3n) is 4.82. The Morgan fingerprint density at radius 1 is 1.19 bits per heavy atom. The maximum atomic E-state index is 12.1. The number of hydrogen-bond donors (Lipinski definition) is 1. The van der Waals surface area contributed by atoms with E-state index in [1.807, 2.05) is 24.3 Å². The van der Waals surface area contributed by atoms with Crippen LogP contribution in [-0.2, 0) is 11.2 Å². The summed E-state index contributed by atoms with van der Waals surface area (Å²) >= 11 is 0. The van der Waals surface area contributed by atoms with Crippen LogP contribution in [0.25, 0.3) is 0 Å². The Morgan fingerprint density at radius 3 is 2.92 bits per heavy atom. The van der Waals surface area contributed by atoms with Crippen LogP contribution in [0.4, 0.5) is 5.69 Å². The smallest absolute Gasteiger partial charge is 0.291 e. The van der Waals surface area contributed by atoms with Crippen molar-refractivity contribution in [2.75, 3.05) is 5.32 Å². The second-order valence-electron chi connectivity index (χ2n) is 6.58. The first-order valence-electron chi connectivity index (χ1n) is 8.81. The molecule has 0 saturated heterocycles. The molecule has 1 unspecified atom stereocenters. The second kappa shape index (κ2) is 7.07. The molecule has 26 heavy (non-hydrogen) atoms. The number of benzene rings is 1. The van der Waals surface area contributed by atoms with E-state index in [-0.39, 0.29) is 23.6 Å². The lowest BCUT2D eigenvalue weighted by Crippen LogP contribution is -2.23. The molecule has 0 radical (unpaired) electrons. The maximum Gasteiger partial charge on any atom is 0.291 e. The number of nitrogens with one attached hydrogen (secondary N) is 1. The number of carbonyl (C=O) groups excluding carboxylic acids is 2. The lowest BCUT2D eigenvalue weighted by atomic mass is 9.84. The van der Waals surface area contributed by atoms with Gasteiger partial charge in [-0.3, -0.25) is 9.59 Å². The van der Waals surface area contributed by atoms with E-state index in [0.717, 1.165) is 42.4 Å². The van der Waals surface area contributed by atoms with Crippen molar-refractivity contribution in [2.24, 2.45) is 10.2 Å². The highest BCUT2D eigenvalue weighted by Gasteiger charge is 2.28. The van der Waals surface area contributed by atoms with Crippen LogP contribution in [0.15, 0.2) is 68.5 Å². The van der Waals surface area contributed by atoms with E-state index in [2.05, 4.69) is 15.5 Å². The Kier molecular flexibility index (Phi) is 4.48. The van der Waals surface area contributed by atoms with Crippen LogP contribution in [0.3, 0.4) is 0 Å². The molecule has 2 amide bonds. The monoisotopic (exact) mass is 349 g/mol. The minimum absolute atomic E-state index is 0.0842. The topological polar surface area (TPSA) is 84.0 Å². The first-order chi connectivity index (χ1) is 12.7. The molecule has 1 atom stereocenters. The van der Waals surface area contributed by atoms with Crippen LogP contribution < -0.4 is 5.32 Å². The number of rotatable bonds is 4. The third-order valence-corrected chi connectivity index (χ3v) is 4.82. The van der Waals surface area contributed by atoms with Gasteiger partial charge in [-0.05, 0) is 61.1 Å². The molecule has 1 aliphatic carbocycles. The van der Waals surface area contributed by atoms with E-state index in [0.29, 0.717) is 12.1 Å². The van der Waals surface area contributed by atoms with Crippen molar-refractivity contribution >= 4 is 17.5 Å². The lowest BCUT2D eigenvalue weighted by Gasteiger charge is -2.25. The van der Waals surface area contributed by atoms with E-state index >= 15 is 0 Å². The molecule has 1 N–H and O–H groups in total. The van der Waals surface area contributed by atoms with E-state index in [4.69, 9.17) is 4.42 Å². The summed E-state index contributed by atoms with van der Waals surface area (Å²) in [4.78, 5) is 24.1. The summed E-state index contributed by atoms with van der Waals surface area (Å²) in [6, 6.07) is 10.9. The van der Waals surface area contributed by atoms with Gasteiger partial charge in [-0.2, -0.15) is 5.11 Å². The molecule has 6 heteroatoms. The average molecular weight is 349 g/mol. The molecular weight excluding hydrogens is 330 g/mol. The molecule has 6 nitrogen and oxygen atoms in total. The highest BCUT2D eigenvalue weighted by molar-refractivity contribution is 6.02. The highest BCUT2D eigenvalue weighted by Crippen LogP contribution is 2.33. The van der Waals surface area contributed by atoms with E-state index < -0.39 is 0 Å². The molecule has 2 aliphatic rings. The Bertz CT molecular complexity index is 897. The first kappa shape index (κ1) is 16.4. The van der Waals surface area contributed by atoms with Crippen LogP contribution >= 0.6 is 0 Å². The molecule has 1 aliphatic heterocycles. The zero-order valence-electron chi connectivity index (χ0n) is 14.3. The predicted molar refractivity (Wildman–Crippen MR) is 96.0 cm³/mol. The summed E-state index contributed by atoms with van der Waals surface area (Å²) in [5.74, 6) is -0.185. The van der Waals surface area contributed by atoms with Gasteiger partial charge in [0.05, 0.1) is 12.3 Å². The molecule has 132 valence electrons. The number of amides is 2. The van der Waals surface area contributed by atoms with Gasteiger partial charge in [0.25, 0.3) is 11.8 Å². The van der Waals surface area contributed by atoms with Crippen LogP contribution in [0.5, 0.6) is 0 Å². The van der Waals surface area contributed by atoms with Gasteiger partial charge in [0.15, 0.2) is 5.76 Å². The lowest BCUT2D eigenvalue weighted by molar-refractivity contribution is -0.115. The molecule has 2 heterocycles. The SMILES string of the molecule is O=C1N=NC(Cc2cccc(NC(=O)c3ccco3)c2)C2=C1CCCC2. The minimum Gasteiger partial charge on any atom is -0.459 e. The molecule has 2 aromatic rings.